The van der Waals surface area contributed by atoms with Crippen LogP contribution >= 0.6 is 11.3 Å². The molecule has 2 N–H and O–H groups in total. The van der Waals surface area contributed by atoms with E-state index in [4.69, 9.17) is 13.9 Å². The van der Waals surface area contributed by atoms with E-state index in [1.54, 1.807) is 37.4 Å². The third kappa shape index (κ3) is 4.00. The van der Waals surface area contributed by atoms with E-state index in [9.17, 15) is 9.90 Å². The molecule has 2 aromatic heterocycles. The Morgan fingerprint density at radius 2 is 2.00 bits per heavy atom. The predicted octanol–water partition coefficient (Wildman–Crippen LogP) is 4.04. The van der Waals surface area contributed by atoms with Gasteiger partial charge in [-0.25, -0.2) is 4.98 Å². The van der Waals surface area contributed by atoms with Gasteiger partial charge in [0.2, 0.25) is 0 Å². The van der Waals surface area contributed by atoms with Gasteiger partial charge in [0, 0.05) is 12.1 Å². The van der Waals surface area contributed by atoms with Gasteiger partial charge in [0.25, 0.3) is 5.91 Å². The molecule has 0 radical (unpaired) electrons. The molecule has 0 saturated heterocycles. The van der Waals surface area contributed by atoms with Gasteiger partial charge in [-0.05, 0) is 42.5 Å². The molecule has 0 aliphatic carbocycles. The molecule has 1 amide bonds. The zero-order valence-corrected chi connectivity index (χ0v) is 17.2. The summed E-state index contributed by atoms with van der Waals surface area (Å²) in [7, 11) is 3.06. The molecule has 0 aliphatic heterocycles. The summed E-state index contributed by atoms with van der Waals surface area (Å²) in [6.07, 6.45) is -0.974. The summed E-state index contributed by atoms with van der Waals surface area (Å²) >= 11 is 1.50. The third-order valence-corrected chi connectivity index (χ3v) is 5.64. The van der Waals surface area contributed by atoms with Gasteiger partial charge in [0.05, 0.1) is 24.4 Å². The number of para-hydroxylation sites is 1. The highest BCUT2D eigenvalue weighted by atomic mass is 32.1. The van der Waals surface area contributed by atoms with Crippen molar-refractivity contribution in [2.75, 3.05) is 20.8 Å². The molecule has 2 aromatic carbocycles. The number of rotatable bonds is 7. The molecule has 8 heteroatoms. The average Bonchev–Trinajstić information content (AvgIpc) is 3.43. The van der Waals surface area contributed by atoms with Crippen LogP contribution in [0.25, 0.3) is 21.0 Å². The number of benzene rings is 2. The molecule has 0 saturated carbocycles. The van der Waals surface area contributed by atoms with Crippen molar-refractivity contribution in [3.63, 3.8) is 0 Å². The summed E-state index contributed by atoms with van der Waals surface area (Å²) in [6.45, 7) is -0.0144. The second-order valence-electron chi connectivity index (χ2n) is 6.48. The van der Waals surface area contributed by atoms with Crippen LogP contribution in [-0.4, -0.2) is 36.8 Å². The van der Waals surface area contributed by atoms with Crippen LogP contribution in [0.4, 0.5) is 0 Å². The van der Waals surface area contributed by atoms with Gasteiger partial charge in [-0.1, -0.05) is 12.1 Å². The second kappa shape index (κ2) is 8.56. The van der Waals surface area contributed by atoms with E-state index in [0.29, 0.717) is 27.8 Å². The SMILES string of the molecule is COc1ccc(OC)c(C(O)CNC(=O)c2ccc(-c3nc4ccccc4s3)o2)c1. The lowest BCUT2D eigenvalue weighted by Crippen LogP contribution is -2.28. The van der Waals surface area contributed by atoms with Gasteiger partial charge in [-0.2, -0.15) is 0 Å². The van der Waals surface area contributed by atoms with Crippen molar-refractivity contribution in [2.24, 2.45) is 0 Å². The van der Waals surface area contributed by atoms with E-state index in [0.717, 1.165) is 10.2 Å². The van der Waals surface area contributed by atoms with Gasteiger partial charge in [-0.3, -0.25) is 4.79 Å². The lowest BCUT2D eigenvalue weighted by atomic mass is 10.1. The fourth-order valence-corrected chi connectivity index (χ4v) is 3.97. The Balaban J connectivity index is 1.45. The van der Waals surface area contributed by atoms with Crippen molar-refractivity contribution < 1.29 is 23.8 Å². The van der Waals surface area contributed by atoms with Crippen molar-refractivity contribution in [3.8, 4) is 22.3 Å². The Morgan fingerprint density at radius 3 is 2.77 bits per heavy atom. The number of aliphatic hydroxyl groups excluding tert-OH is 1. The molecule has 0 bridgehead atoms. The van der Waals surface area contributed by atoms with Crippen molar-refractivity contribution in [2.45, 2.75) is 6.10 Å². The molecule has 30 heavy (non-hydrogen) atoms. The van der Waals surface area contributed by atoms with Crippen molar-refractivity contribution in [3.05, 3.63) is 65.9 Å². The number of thiazole rings is 1. The zero-order chi connectivity index (χ0) is 21.1. The number of carbonyl (C=O) groups excluding carboxylic acids is 1. The highest BCUT2D eigenvalue weighted by Crippen LogP contribution is 2.31. The van der Waals surface area contributed by atoms with Crippen molar-refractivity contribution >= 4 is 27.5 Å². The van der Waals surface area contributed by atoms with Gasteiger partial charge < -0.3 is 24.3 Å². The number of nitrogens with one attached hydrogen (secondary N) is 1. The zero-order valence-electron chi connectivity index (χ0n) is 16.4. The minimum absolute atomic E-state index is 0.0144. The van der Waals surface area contributed by atoms with E-state index in [1.807, 2.05) is 24.3 Å². The number of hydrogen-bond donors (Lipinski definition) is 2. The minimum atomic E-state index is -0.974. The number of hydrogen-bond acceptors (Lipinski definition) is 7. The first-order chi connectivity index (χ1) is 14.6. The van der Waals surface area contributed by atoms with E-state index >= 15 is 0 Å². The van der Waals surface area contributed by atoms with E-state index in [-0.39, 0.29) is 12.3 Å². The summed E-state index contributed by atoms with van der Waals surface area (Å²) in [6, 6.07) is 16.2. The number of furan rings is 1. The molecule has 1 unspecified atom stereocenters. The largest absolute Gasteiger partial charge is 0.497 e. The van der Waals surface area contributed by atoms with Gasteiger partial charge in [-0.15, -0.1) is 11.3 Å². The quantitative estimate of drug-likeness (QED) is 0.465. The average molecular weight is 424 g/mol. The lowest BCUT2D eigenvalue weighted by molar-refractivity contribution is 0.0888. The summed E-state index contributed by atoms with van der Waals surface area (Å²) < 4.78 is 17.2. The minimum Gasteiger partial charge on any atom is -0.497 e. The molecular formula is C22H20N2O5S. The first-order valence-electron chi connectivity index (χ1n) is 9.23. The molecule has 0 spiro atoms. The molecule has 1 atom stereocenters. The highest BCUT2D eigenvalue weighted by molar-refractivity contribution is 7.21. The van der Waals surface area contributed by atoms with Gasteiger partial charge in [0.15, 0.2) is 16.5 Å². The first-order valence-corrected chi connectivity index (χ1v) is 10.0. The van der Waals surface area contributed by atoms with E-state index in [1.165, 1.54) is 18.4 Å². The van der Waals surface area contributed by atoms with Crippen LogP contribution < -0.4 is 14.8 Å². The Hall–Kier alpha value is -3.36. The Kier molecular flexibility index (Phi) is 5.69. The predicted molar refractivity (Wildman–Crippen MR) is 114 cm³/mol. The summed E-state index contributed by atoms with van der Waals surface area (Å²) in [5.41, 5.74) is 1.40. The number of aromatic nitrogens is 1. The smallest absolute Gasteiger partial charge is 0.287 e. The summed E-state index contributed by atoms with van der Waals surface area (Å²) in [5.74, 6) is 1.34. The van der Waals surface area contributed by atoms with Gasteiger partial charge >= 0.3 is 0 Å². The maximum atomic E-state index is 12.5. The summed E-state index contributed by atoms with van der Waals surface area (Å²) in [5, 5.41) is 13.9. The normalized spacial score (nSPS) is 12.0. The van der Waals surface area contributed by atoms with Crippen LogP contribution in [0.15, 0.2) is 59.0 Å². The van der Waals surface area contributed by atoms with Crippen LogP contribution in [0.2, 0.25) is 0 Å². The van der Waals surface area contributed by atoms with Crippen LogP contribution in [0, 0.1) is 0 Å². The van der Waals surface area contributed by atoms with Crippen LogP contribution in [-0.2, 0) is 0 Å². The number of nitrogens with zero attached hydrogens (tertiary/aromatic N) is 1. The molecule has 7 nitrogen and oxygen atoms in total. The molecule has 4 rings (SSSR count). The molecule has 0 aliphatic rings. The Labute approximate surface area is 176 Å². The molecule has 0 fully saturated rings. The van der Waals surface area contributed by atoms with E-state index in [2.05, 4.69) is 10.3 Å². The highest BCUT2D eigenvalue weighted by Gasteiger charge is 2.19. The maximum Gasteiger partial charge on any atom is 0.287 e. The van der Waals surface area contributed by atoms with Crippen LogP contribution in [0.1, 0.15) is 22.2 Å². The number of aliphatic hydroxyl groups is 1. The molecule has 2 heterocycles. The Bertz CT molecular complexity index is 1150. The van der Waals surface area contributed by atoms with Crippen LogP contribution in [0.3, 0.4) is 0 Å². The first kappa shape index (κ1) is 19.9. The topological polar surface area (TPSA) is 93.8 Å². The number of ether oxygens (including phenoxy) is 2. The van der Waals surface area contributed by atoms with Gasteiger partial charge in [0.1, 0.15) is 17.6 Å². The molecule has 154 valence electrons. The molecular weight excluding hydrogens is 404 g/mol. The maximum absolute atomic E-state index is 12.5. The van der Waals surface area contributed by atoms with Crippen LogP contribution in [0.5, 0.6) is 11.5 Å². The summed E-state index contributed by atoms with van der Waals surface area (Å²) in [4.78, 5) is 17.0. The fraction of sp³-hybridized carbons (Fsp3) is 0.182. The number of methoxy groups -OCH3 is 2. The Morgan fingerprint density at radius 1 is 1.17 bits per heavy atom. The third-order valence-electron chi connectivity index (χ3n) is 4.59. The second-order valence-corrected chi connectivity index (χ2v) is 7.51. The fourth-order valence-electron chi connectivity index (χ4n) is 3.04. The number of amides is 1. The number of carbonyl (C=O) groups is 1. The van der Waals surface area contributed by atoms with Crippen molar-refractivity contribution in [1.29, 1.82) is 0 Å². The monoisotopic (exact) mass is 424 g/mol. The lowest BCUT2D eigenvalue weighted by Gasteiger charge is -2.16. The standard InChI is InChI=1S/C22H20N2O5S/c1-27-13-7-8-17(28-2)14(11-13)16(25)12-23-21(26)18-9-10-19(29-18)22-24-15-5-3-4-6-20(15)30-22/h3-11,16,25H,12H2,1-2H3,(H,23,26). The van der Waals surface area contributed by atoms with Crippen molar-refractivity contribution in [1.82, 2.24) is 10.3 Å². The molecule has 4 aromatic rings. The number of fused-ring (bicyclic) bond motifs is 1. The van der Waals surface area contributed by atoms with E-state index < -0.39 is 12.0 Å².